The van der Waals surface area contributed by atoms with Gasteiger partial charge in [-0.3, -0.25) is 9.59 Å². The summed E-state index contributed by atoms with van der Waals surface area (Å²) in [5.41, 5.74) is 5.04. The van der Waals surface area contributed by atoms with Gasteiger partial charge in [0.25, 0.3) is 5.56 Å². The van der Waals surface area contributed by atoms with Crippen molar-refractivity contribution in [3.05, 3.63) is 57.5 Å². The third-order valence-corrected chi connectivity index (χ3v) is 7.00. The molecule has 4 rings (SSSR count). The average molecular weight is 481 g/mol. The van der Waals surface area contributed by atoms with Crippen molar-refractivity contribution >= 4 is 17.3 Å². The van der Waals surface area contributed by atoms with Gasteiger partial charge in [-0.1, -0.05) is 26.8 Å². The first kappa shape index (κ1) is 25.3. The van der Waals surface area contributed by atoms with Gasteiger partial charge in [0.05, 0.1) is 11.4 Å². The highest BCUT2D eigenvalue weighted by Gasteiger charge is 2.30. The summed E-state index contributed by atoms with van der Waals surface area (Å²) in [5.74, 6) is 0.280. The number of nitrogens with zero attached hydrogens (tertiary/aromatic N) is 1. The molecule has 1 saturated carbocycles. The van der Waals surface area contributed by atoms with Gasteiger partial charge in [-0.15, -0.1) is 0 Å². The molecule has 35 heavy (non-hydrogen) atoms. The normalized spacial score (nSPS) is 18.5. The van der Waals surface area contributed by atoms with E-state index in [1.54, 1.807) is 6.20 Å². The maximum Gasteiger partial charge on any atom is 0.323 e. The number of nitrogens with one attached hydrogen (secondary N) is 3. The smallest absolute Gasteiger partial charge is 0.323 e. The Labute approximate surface area is 208 Å². The number of hydrogen-bond acceptors (Lipinski definition) is 6. The molecule has 1 fully saturated rings. The lowest BCUT2D eigenvalue weighted by atomic mass is 10.0. The molecule has 1 aromatic heterocycles. The Hall–Kier alpha value is -2.80. The molecule has 0 amide bonds. The molecule has 2 aromatic rings. The Balaban J connectivity index is 1.47. The zero-order chi connectivity index (χ0) is 24.9. The number of hydrogen-bond donors (Lipinski definition) is 3. The molecule has 2 aliphatic rings. The molecule has 1 aromatic carbocycles. The first-order chi connectivity index (χ1) is 16.9. The molecule has 0 spiro atoms. The Morgan fingerprint density at radius 3 is 2.69 bits per heavy atom. The van der Waals surface area contributed by atoms with Crippen molar-refractivity contribution in [3.63, 3.8) is 0 Å². The molecule has 2 unspecified atom stereocenters. The van der Waals surface area contributed by atoms with Gasteiger partial charge in [0.1, 0.15) is 18.3 Å². The Kier molecular flexibility index (Phi) is 8.16. The van der Waals surface area contributed by atoms with E-state index in [4.69, 9.17) is 4.74 Å². The van der Waals surface area contributed by atoms with E-state index in [-0.39, 0.29) is 29.8 Å². The second kappa shape index (κ2) is 11.3. The molecule has 2 atom stereocenters. The number of H-pyrrole nitrogens is 1. The van der Waals surface area contributed by atoms with Gasteiger partial charge >= 0.3 is 5.97 Å². The molecular weight excluding hydrogens is 440 g/mol. The molecule has 1 aliphatic carbocycles. The summed E-state index contributed by atoms with van der Waals surface area (Å²) in [7, 11) is 0. The van der Waals surface area contributed by atoms with Crippen molar-refractivity contribution in [2.45, 2.75) is 91.1 Å². The van der Waals surface area contributed by atoms with Crippen LogP contribution in [0.1, 0.15) is 82.2 Å². The van der Waals surface area contributed by atoms with Crippen molar-refractivity contribution < 1.29 is 9.53 Å². The fourth-order valence-corrected chi connectivity index (χ4v) is 5.18. The quantitative estimate of drug-likeness (QED) is 0.414. The van der Waals surface area contributed by atoms with Crippen LogP contribution in [0, 0.1) is 12.8 Å². The number of aryl methyl sites for hydroxylation is 1. The van der Waals surface area contributed by atoms with E-state index >= 15 is 0 Å². The Morgan fingerprint density at radius 2 is 2.00 bits per heavy atom. The third-order valence-electron chi connectivity index (χ3n) is 7.00. The average Bonchev–Trinajstić information content (AvgIpc) is 3.46. The van der Waals surface area contributed by atoms with Gasteiger partial charge in [0.2, 0.25) is 0 Å². The van der Waals surface area contributed by atoms with Crippen LogP contribution in [-0.4, -0.2) is 29.6 Å². The summed E-state index contributed by atoms with van der Waals surface area (Å²) in [6.45, 7) is 9.79. The van der Waals surface area contributed by atoms with Crippen molar-refractivity contribution in [2.75, 3.05) is 16.8 Å². The van der Waals surface area contributed by atoms with Gasteiger partial charge in [-0.05, 0) is 75.1 Å². The van der Waals surface area contributed by atoms with Crippen LogP contribution in [0.15, 0.2) is 35.3 Å². The summed E-state index contributed by atoms with van der Waals surface area (Å²) in [4.78, 5) is 29.9. The van der Waals surface area contributed by atoms with Crippen LogP contribution in [0.25, 0.3) is 0 Å². The summed E-state index contributed by atoms with van der Waals surface area (Å²) < 4.78 is 5.81. The number of ether oxygens (including phenoxy) is 1. The molecule has 0 saturated heterocycles. The van der Waals surface area contributed by atoms with E-state index < -0.39 is 0 Å². The molecule has 0 bridgehead atoms. The first-order valence-electron chi connectivity index (χ1n) is 13.1. The van der Waals surface area contributed by atoms with Crippen molar-refractivity contribution in [1.82, 2.24) is 10.3 Å². The van der Waals surface area contributed by atoms with Crippen LogP contribution in [0.2, 0.25) is 0 Å². The number of pyridine rings is 1. The third kappa shape index (κ3) is 6.07. The number of benzene rings is 1. The largest absolute Gasteiger partial charge is 0.461 e. The van der Waals surface area contributed by atoms with Gasteiger partial charge in [0.15, 0.2) is 0 Å². The minimum atomic E-state index is -0.301. The van der Waals surface area contributed by atoms with Crippen LogP contribution in [0.5, 0.6) is 0 Å². The number of aromatic nitrogens is 1. The van der Waals surface area contributed by atoms with Gasteiger partial charge in [-0.25, -0.2) is 0 Å². The fourth-order valence-electron chi connectivity index (χ4n) is 5.18. The summed E-state index contributed by atoms with van der Waals surface area (Å²) in [6, 6.07) is 8.11. The summed E-state index contributed by atoms with van der Waals surface area (Å²) in [5, 5.41) is 7.12. The van der Waals surface area contributed by atoms with Gasteiger partial charge in [0, 0.05) is 30.4 Å². The van der Waals surface area contributed by atoms with E-state index in [1.165, 1.54) is 0 Å². The minimum Gasteiger partial charge on any atom is -0.461 e. The number of esters is 1. The van der Waals surface area contributed by atoms with Crippen LogP contribution in [-0.2, 0) is 16.1 Å². The standard InChI is InChI=1S/C28H40N4O3/c1-5-12-32-25-11-10-20(15-23(25)31-26(32)21-14-19(4)27(33)30-17-21)16-29-24(13-18(2)3)28(34)35-22-8-6-7-9-22/h10-11,14-15,17-18,22,24,26,29,31H,5-9,12-13,16H2,1-4H3,(H,30,33). The van der Waals surface area contributed by atoms with E-state index in [0.717, 1.165) is 67.6 Å². The summed E-state index contributed by atoms with van der Waals surface area (Å²) >= 11 is 0. The van der Waals surface area contributed by atoms with Gasteiger partial charge < -0.3 is 25.3 Å². The number of rotatable bonds is 10. The molecular formula is C28H40N4O3. The lowest BCUT2D eigenvalue weighted by Crippen LogP contribution is -2.40. The highest BCUT2D eigenvalue weighted by Crippen LogP contribution is 2.41. The van der Waals surface area contributed by atoms with Crippen molar-refractivity contribution in [2.24, 2.45) is 5.92 Å². The van der Waals surface area contributed by atoms with Crippen LogP contribution >= 0.6 is 0 Å². The molecule has 3 N–H and O–H groups in total. The van der Waals surface area contributed by atoms with Gasteiger partial charge in [-0.2, -0.15) is 0 Å². The van der Waals surface area contributed by atoms with Crippen LogP contribution in [0.4, 0.5) is 11.4 Å². The first-order valence-corrected chi connectivity index (χ1v) is 13.1. The number of anilines is 2. The SMILES string of the molecule is CCCN1c2ccc(CNC(CC(C)C)C(=O)OC3CCCC3)cc2NC1c1c[nH]c(=O)c(C)c1. The zero-order valence-electron chi connectivity index (χ0n) is 21.5. The number of carbonyl (C=O) groups excluding carboxylic acids is 1. The Bertz CT molecular complexity index is 1070. The monoisotopic (exact) mass is 480 g/mol. The van der Waals surface area contributed by atoms with E-state index in [1.807, 2.05) is 13.0 Å². The predicted octanol–water partition coefficient (Wildman–Crippen LogP) is 5.01. The molecule has 190 valence electrons. The second-order valence-corrected chi connectivity index (χ2v) is 10.4. The fraction of sp³-hybridized carbons (Fsp3) is 0.571. The van der Waals surface area contributed by atoms with Crippen LogP contribution in [0.3, 0.4) is 0 Å². The number of carbonyl (C=O) groups is 1. The molecule has 7 nitrogen and oxygen atoms in total. The van der Waals surface area contributed by atoms with Crippen molar-refractivity contribution in [1.29, 1.82) is 0 Å². The summed E-state index contributed by atoms with van der Waals surface area (Å²) in [6.07, 6.45) is 7.90. The highest BCUT2D eigenvalue weighted by molar-refractivity contribution is 5.78. The molecule has 2 heterocycles. The lowest BCUT2D eigenvalue weighted by molar-refractivity contribution is -0.151. The van der Waals surface area contributed by atoms with Crippen molar-refractivity contribution in [3.8, 4) is 0 Å². The lowest BCUT2D eigenvalue weighted by Gasteiger charge is -2.26. The number of fused-ring (bicyclic) bond motifs is 1. The highest BCUT2D eigenvalue weighted by atomic mass is 16.5. The topological polar surface area (TPSA) is 86.5 Å². The molecule has 1 aliphatic heterocycles. The second-order valence-electron chi connectivity index (χ2n) is 10.4. The number of aromatic amines is 1. The maximum absolute atomic E-state index is 12.9. The van der Waals surface area contributed by atoms with E-state index in [2.05, 4.69) is 59.5 Å². The minimum absolute atomic E-state index is 0.0289. The Morgan fingerprint density at radius 1 is 1.23 bits per heavy atom. The predicted molar refractivity (Wildman–Crippen MR) is 141 cm³/mol. The zero-order valence-corrected chi connectivity index (χ0v) is 21.5. The van der Waals surface area contributed by atoms with Crippen LogP contribution < -0.4 is 21.1 Å². The van der Waals surface area contributed by atoms with E-state index in [0.29, 0.717) is 18.0 Å². The van der Waals surface area contributed by atoms with E-state index in [9.17, 15) is 9.59 Å². The molecule has 7 heteroatoms. The molecule has 0 radical (unpaired) electrons. The maximum atomic E-state index is 12.9.